The number of fused-ring (bicyclic) bond motifs is 1. The zero-order chi connectivity index (χ0) is 25.0. The number of anilines is 2. The molecule has 3 heterocycles. The van der Waals surface area contributed by atoms with Gasteiger partial charge in [-0.3, -0.25) is 0 Å². The number of halogens is 3. The molecule has 9 nitrogen and oxygen atoms in total. The van der Waals surface area contributed by atoms with Crippen molar-refractivity contribution in [3.05, 3.63) is 36.0 Å². The number of hydrogen-bond donors (Lipinski definition) is 2. The van der Waals surface area contributed by atoms with Crippen LogP contribution in [-0.2, 0) is 16.0 Å². The second kappa shape index (κ2) is 8.63. The van der Waals surface area contributed by atoms with Crippen molar-refractivity contribution in [2.24, 2.45) is 0 Å². The third kappa shape index (κ3) is 4.79. The van der Waals surface area contributed by atoms with E-state index in [0.717, 1.165) is 12.1 Å². The number of aliphatic hydroxyl groups is 1. The van der Waals surface area contributed by atoms with Crippen LogP contribution in [0.25, 0.3) is 16.7 Å². The molecular formula is C22H25F3N6O3S. The maximum absolute atomic E-state index is 13.3. The number of sulfone groups is 1. The minimum Gasteiger partial charge on any atom is -0.393 e. The minimum atomic E-state index is -4.50. The molecule has 2 fully saturated rings. The van der Waals surface area contributed by atoms with Crippen molar-refractivity contribution in [2.45, 2.75) is 49.3 Å². The van der Waals surface area contributed by atoms with Crippen LogP contribution >= 0.6 is 0 Å². The van der Waals surface area contributed by atoms with E-state index in [4.69, 9.17) is 0 Å². The highest BCUT2D eigenvalue weighted by Gasteiger charge is 2.32. The second-order valence-electron chi connectivity index (χ2n) is 9.19. The third-order valence-electron chi connectivity index (χ3n) is 6.62. The van der Waals surface area contributed by atoms with Gasteiger partial charge in [-0.1, -0.05) is 6.07 Å². The highest BCUT2D eigenvalue weighted by atomic mass is 32.2. The Morgan fingerprint density at radius 3 is 2.49 bits per heavy atom. The smallest absolute Gasteiger partial charge is 0.393 e. The number of aliphatic hydroxyl groups excluding tert-OH is 1. The van der Waals surface area contributed by atoms with Gasteiger partial charge in [0.05, 0.1) is 34.2 Å². The molecule has 1 aliphatic carbocycles. The van der Waals surface area contributed by atoms with Gasteiger partial charge in [0, 0.05) is 25.4 Å². The molecule has 0 unspecified atom stereocenters. The fraction of sp³-hybridized carbons (Fsp3) is 0.500. The van der Waals surface area contributed by atoms with Crippen molar-refractivity contribution in [3.8, 4) is 5.69 Å². The number of nitrogens with one attached hydrogen (secondary N) is 1. The fourth-order valence-corrected chi connectivity index (χ4v) is 5.65. The van der Waals surface area contributed by atoms with Crippen molar-refractivity contribution in [1.82, 2.24) is 19.7 Å². The first-order chi connectivity index (χ1) is 16.5. The molecule has 0 amide bonds. The monoisotopic (exact) mass is 510 g/mol. The molecule has 2 aliphatic rings. The van der Waals surface area contributed by atoms with Crippen LogP contribution < -0.4 is 10.2 Å². The lowest BCUT2D eigenvalue weighted by molar-refractivity contribution is -0.137. The van der Waals surface area contributed by atoms with Crippen LogP contribution in [0.4, 0.5) is 24.9 Å². The SMILES string of the molecule is CS(=O)(=O)C1CCN(c2nc(NC3CC(O)C3)nc3c2cnn3-c2cccc(C(F)(F)F)c2)CC1. The third-order valence-corrected chi connectivity index (χ3v) is 8.30. The van der Waals surface area contributed by atoms with E-state index in [0.29, 0.717) is 55.6 Å². The zero-order valence-electron chi connectivity index (χ0n) is 18.9. The van der Waals surface area contributed by atoms with Gasteiger partial charge < -0.3 is 15.3 Å². The Bertz CT molecular complexity index is 1350. The van der Waals surface area contributed by atoms with E-state index in [1.54, 1.807) is 0 Å². The van der Waals surface area contributed by atoms with Gasteiger partial charge in [0.25, 0.3) is 0 Å². The van der Waals surface area contributed by atoms with Gasteiger partial charge in [-0.05, 0) is 43.9 Å². The van der Waals surface area contributed by atoms with Crippen LogP contribution in [0.15, 0.2) is 30.5 Å². The lowest BCUT2D eigenvalue weighted by atomic mass is 9.90. The fourth-order valence-electron chi connectivity index (χ4n) is 4.59. The van der Waals surface area contributed by atoms with Gasteiger partial charge in [-0.25, -0.2) is 13.1 Å². The first kappa shape index (κ1) is 23.8. The van der Waals surface area contributed by atoms with Gasteiger partial charge in [-0.2, -0.15) is 28.2 Å². The summed E-state index contributed by atoms with van der Waals surface area (Å²) in [6, 6.07) is 4.84. The van der Waals surface area contributed by atoms with Crippen molar-refractivity contribution in [2.75, 3.05) is 29.6 Å². The first-order valence-electron chi connectivity index (χ1n) is 11.3. The summed E-state index contributed by atoms with van der Waals surface area (Å²) in [6.45, 7) is 0.917. The van der Waals surface area contributed by atoms with Crippen molar-refractivity contribution < 1.29 is 26.7 Å². The Morgan fingerprint density at radius 1 is 1.14 bits per heavy atom. The molecule has 5 rings (SSSR count). The summed E-state index contributed by atoms with van der Waals surface area (Å²) in [5.41, 5.74) is -0.250. The standard InChI is InChI=1S/C22H25F3N6O3S/c1-35(33,34)17-5-7-30(8-6-17)19-18-12-26-31(15-4-2-3-13(9-15)22(23,24)25)20(18)29-21(28-19)27-14-10-16(32)11-14/h2-4,9,12,14,16-17,32H,5-8,10-11H2,1H3,(H,27,28,29). The van der Waals surface area contributed by atoms with Crippen LogP contribution in [0.1, 0.15) is 31.2 Å². The average Bonchev–Trinajstić information content (AvgIpc) is 3.20. The summed E-state index contributed by atoms with van der Waals surface area (Å²) in [5.74, 6) is 0.825. The largest absolute Gasteiger partial charge is 0.416 e. The number of aromatic nitrogens is 4. The van der Waals surface area contributed by atoms with Gasteiger partial charge in [0.1, 0.15) is 15.7 Å². The predicted octanol–water partition coefficient (Wildman–Crippen LogP) is 2.78. The summed E-state index contributed by atoms with van der Waals surface area (Å²) >= 11 is 0. The Kier molecular flexibility index (Phi) is 5.86. The molecule has 0 atom stereocenters. The summed E-state index contributed by atoms with van der Waals surface area (Å²) in [6.07, 6.45) is -0.142. The summed E-state index contributed by atoms with van der Waals surface area (Å²) in [4.78, 5) is 11.2. The molecule has 1 aliphatic heterocycles. The molecule has 1 aromatic carbocycles. The molecule has 1 saturated carbocycles. The normalized spacial score (nSPS) is 21.8. The van der Waals surface area contributed by atoms with E-state index in [1.807, 2.05) is 4.90 Å². The molecule has 13 heteroatoms. The van der Waals surface area contributed by atoms with Crippen LogP contribution in [0.2, 0.25) is 0 Å². The molecule has 2 aromatic heterocycles. The van der Waals surface area contributed by atoms with Gasteiger partial charge in [-0.15, -0.1) is 0 Å². The number of benzene rings is 1. The van der Waals surface area contributed by atoms with Gasteiger partial charge in [0.15, 0.2) is 5.65 Å². The first-order valence-corrected chi connectivity index (χ1v) is 13.3. The Labute approximate surface area is 199 Å². The highest BCUT2D eigenvalue weighted by molar-refractivity contribution is 7.91. The number of alkyl halides is 3. The van der Waals surface area contributed by atoms with Crippen molar-refractivity contribution in [1.29, 1.82) is 0 Å². The lowest BCUT2D eigenvalue weighted by Crippen LogP contribution is -2.40. The molecule has 1 saturated heterocycles. The topological polar surface area (TPSA) is 113 Å². The van der Waals surface area contributed by atoms with E-state index < -0.39 is 26.8 Å². The molecule has 0 spiro atoms. The van der Waals surface area contributed by atoms with Crippen LogP contribution in [0.5, 0.6) is 0 Å². The molecule has 3 aromatic rings. The number of rotatable bonds is 5. The Balaban J connectivity index is 1.55. The van der Waals surface area contributed by atoms with E-state index in [2.05, 4.69) is 20.4 Å². The quantitative estimate of drug-likeness (QED) is 0.539. The molecule has 35 heavy (non-hydrogen) atoms. The van der Waals surface area contributed by atoms with Gasteiger partial charge >= 0.3 is 6.18 Å². The van der Waals surface area contributed by atoms with Crippen molar-refractivity contribution >= 4 is 32.6 Å². The highest BCUT2D eigenvalue weighted by Crippen LogP contribution is 2.33. The van der Waals surface area contributed by atoms with Crippen LogP contribution in [0.3, 0.4) is 0 Å². The van der Waals surface area contributed by atoms with Gasteiger partial charge in [0.2, 0.25) is 5.95 Å². The molecule has 0 bridgehead atoms. The lowest BCUT2D eigenvalue weighted by Gasteiger charge is -2.34. The molecular weight excluding hydrogens is 485 g/mol. The molecule has 2 N–H and O–H groups in total. The van der Waals surface area contributed by atoms with E-state index >= 15 is 0 Å². The van der Waals surface area contributed by atoms with E-state index in [1.165, 1.54) is 29.3 Å². The summed E-state index contributed by atoms with van der Waals surface area (Å²) in [5, 5.41) is 17.3. The van der Waals surface area contributed by atoms with Crippen LogP contribution in [-0.4, -0.2) is 70.0 Å². The Hall–Kier alpha value is -2.93. The minimum absolute atomic E-state index is 0.0174. The van der Waals surface area contributed by atoms with E-state index in [9.17, 15) is 26.7 Å². The second-order valence-corrected chi connectivity index (χ2v) is 11.5. The summed E-state index contributed by atoms with van der Waals surface area (Å²) < 4.78 is 65.2. The van der Waals surface area contributed by atoms with Crippen LogP contribution in [0, 0.1) is 0 Å². The predicted molar refractivity (Wildman–Crippen MR) is 124 cm³/mol. The van der Waals surface area contributed by atoms with E-state index in [-0.39, 0.29) is 23.8 Å². The average molecular weight is 511 g/mol. The number of hydrogen-bond acceptors (Lipinski definition) is 8. The molecule has 188 valence electrons. The van der Waals surface area contributed by atoms with Crippen molar-refractivity contribution in [3.63, 3.8) is 0 Å². The number of piperidine rings is 1. The molecule has 0 radical (unpaired) electrons. The maximum Gasteiger partial charge on any atom is 0.416 e. The number of nitrogens with zero attached hydrogens (tertiary/aromatic N) is 5. The summed E-state index contributed by atoms with van der Waals surface area (Å²) in [7, 11) is -3.15. The Morgan fingerprint density at radius 2 is 1.86 bits per heavy atom. The maximum atomic E-state index is 13.3. The zero-order valence-corrected chi connectivity index (χ0v) is 19.7.